The van der Waals surface area contributed by atoms with Crippen LogP contribution >= 0.6 is 0 Å². The van der Waals surface area contributed by atoms with E-state index in [0.717, 1.165) is 48.5 Å². The van der Waals surface area contributed by atoms with Gasteiger partial charge in [0.05, 0.1) is 19.7 Å². The van der Waals surface area contributed by atoms with Gasteiger partial charge >= 0.3 is 0 Å². The predicted octanol–water partition coefficient (Wildman–Crippen LogP) is 10.00. The number of non-ortho nitro benzene ring substituents is 4. The molecule has 0 aromatic heterocycles. The summed E-state index contributed by atoms with van der Waals surface area (Å²) in [6, 6.07) is 28.8. The Labute approximate surface area is 404 Å². The molecule has 1 aliphatic rings. The molecule has 8 aromatic carbocycles. The SMILES string of the molecule is O=[N+]([O-])c1cccc(C2c3cc(c(O)cc3O)C(c3cccc([N+](=O)[O-])c3)c3cc(c(O)cc3O)C(c3cccc([N+](=O)[O-])c3)c3cc(c(O)cc3O)C(c3cccc([N+](=O)[O-])c3)c3cc2c(O)cc3O)c1. The van der Waals surface area contributed by atoms with Gasteiger partial charge in [-0.15, -0.1) is 0 Å². The summed E-state index contributed by atoms with van der Waals surface area (Å²) < 4.78 is 0. The highest BCUT2D eigenvalue weighted by Crippen LogP contribution is 2.54. The summed E-state index contributed by atoms with van der Waals surface area (Å²) in [6.07, 6.45) is 0. The molecule has 0 saturated carbocycles. The third kappa shape index (κ3) is 8.29. The second-order valence-corrected chi connectivity index (χ2v) is 17.0. The number of phenols is 8. The Morgan fingerprint density at radius 2 is 0.431 bits per heavy atom. The molecule has 0 fully saturated rings. The van der Waals surface area contributed by atoms with Crippen LogP contribution in [0.3, 0.4) is 0 Å². The van der Waals surface area contributed by atoms with Gasteiger partial charge in [0.2, 0.25) is 0 Å². The first kappa shape index (κ1) is 46.9. The molecule has 0 spiro atoms. The molecule has 8 bridgehead atoms. The highest BCUT2D eigenvalue weighted by atomic mass is 16.6. The Kier molecular flexibility index (Phi) is 11.7. The maximum absolute atomic E-state index is 12.3. The molecule has 360 valence electrons. The number of phenolic OH excluding ortho intramolecular Hbond substituents is 8. The minimum atomic E-state index is -1.50. The molecule has 0 unspecified atom stereocenters. The van der Waals surface area contributed by atoms with Crippen LogP contribution in [0.5, 0.6) is 46.0 Å². The van der Waals surface area contributed by atoms with Crippen molar-refractivity contribution in [3.05, 3.63) is 253 Å². The first-order valence-electron chi connectivity index (χ1n) is 21.5. The van der Waals surface area contributed by atoms with Crippen LogP contribution in [0, 0.1) is 40.5 Å². The maximum Gasteiger partial charge on any atom is 0.269 e. The minimum Gasteiger partial charge on any atom is -0.507 e. The number of benzene rings is 8. The monoisotopic (exact) mass is 972 g/mol. The van der Waals surface area contributed by atoms with Gasteiger partial charge < -0.3 is 40.9 Å². The van der Waals surface area contributed by atoms with Gasteiger partial charge in [-0.1, -0.05) is 48.5 Å². The molecule has 0 amide bonds. The number of aromatic hydroxyl groups is 8. The second kappa shape index (κ2) is 18.0. The topological polar surface area (TPSA) is 334 Å². The van der Waals surface area contributed by atoms with E-state index >= 15 is 0 Å². The number of fused-ring (bicyclic) bond motifs is 8. The molecule has 72 heavy (non-hydrogen) atoms. The molecule has 0 saturated heterocycles. The number of hydrogen-bond donors (Lipinski definition) is 8. The van der Waals surface area contributed by atoms with Gasteiger partial charge in [-0.3, -0.25) is 40.5 Å². The van der Waals surface area contributed by atoms with Crippen molar-refractivity contribution in [3.8, 4) is 46.0 Å². The van der Waals surface area contributed by atoms with Crippen molar-refractivity contribution in [1.82, 2.24) is 0 Å². The first-order valence-corrected chi connectivity index (χ1v) is 21.5. The van der Waals surface area contributed by atoms with Gasteiger partial charge in [-0.25, -0.2) is 0 Å². The lowest BCUT2D eigenvalue weighted by atomic mass is 9.75. The fourth-order valence-electron chi connectivity index (χ4n) is 9.67. The van der Waals surface area contributed by atoms with Crippen LogP contribution in [-0.2, 0) is 0 Å². The summed E-state index contributed by atoms with van der Waals surface area (Å²) in [4.78, 5) is 46.3. The number of nitro groups is 4. The zero-order chi connectivity index (χ0) is 51.4. The summed E-state index contributed by atoms with van der Waals surface area (Å²) in [5, 5.41) is 145. The van der Waals surface area contributed by atoms with E-state index < -0.39 is 112 Å². The van der Waals surface area contributed by atoms with Crippen LogP contribution in [0.25, 0.3) is 0 Å². The van der Waals surface area contributed by atoms with Crippen molar-refractivity contribution < 1.29 is 60.5 Å². The van der Waals surface area contributed by atoms with E-state index in [-0.39, 0.29) is 66.8 Å². The molecular formula is C52H36N4O16. The van der Waals surface area contributed by atoms with Crippen molar-refractivity contribution >= 4 is 22.7 Å². The highest BCUT2D eigenvalue weighted by molar-refractivity contribution is 5.68. The largest absolute Gasteiger partial charge is 0.507 e. The average molecular weight is 973 g/mol. The van der Waals surface area contributed by atoms with E-state index in [1.165, 1.54) is 97.1 Å². The number of hydrogen-bond acceptors (Lipinski definition) is 16. The van der Waals surface area contributed by atoms with E-state index in [4.69, 9.17) is 0 Å². The van der Waals surface area contributed by atoms with Crippen LogP contribution in [-0.4, -0.2) is 60.5 Å². The molecule has 0 radical (unpaired) electrons. The predicted molar refractivity (Wildman–Crippen MR) is 255 cm³/mol. The van der Waals surface area contributed by atoms with E-state index in [2.05, 4.69) is 0 Å². The van der Waals surface area contributed by atoms with Crippen molar-refractivity contribution in [1.29, 1.82) is 0 Å². The summed E-state index contributed by atoms with van der Waals surface area (Å²) in [5.41, 5.74) is -3.13. The Hall–Kier alpha value is -10.2. The van der Waals surface area contributed by atoms with Crippen LogP contribution in [0.15, 0.2) is 146 Å². The van der Waals surface area contributed by atoms with Crippen LogP contribution in [0.2, 0.25) is 0 Å². The van der Waals surface area contributed by atoms with Crippen molar-refractivity contribution in [2.24, 2.45) is 0 Å². The van der Waals surface area contributed by atoms with Gasteiger partial charge in [0.15, 0.2) is 0 Å². The zero-order valence-electron chi connectivity index (χ0n) is 36.8. The van der Waals surface area contributed by atoms with Gasteiger partial charge in [-0.05, 0) is 46.5 Å². The van der Waals surface area contributed by atoms with E-state index in [1.807, 2.05) is 0 Å². The molecule has 20 nitrogen and oxygen atoms in total. The van der Waals surface area contributed by atoms with Gasteiger partial charge in [0, 0.05) is 141 Å². The first-order chi connectivity index (χ1) is 34.3. The normalized spacial score (nSPS) is 16.1. The van der Waals surface area contributed by atoms with Gasteiger partial charge in [0.1, 0.15) is 46.0 Å². The van der Waals surface area contributed by atoms with E-state index in [9.17, 15) is 81.3 Å². The maximum atomic E-state index is 12.3. The third-order valence-corrected chi connectivity index (χ3v) is 12.8. The lowest BCUT2D eigenvalue weighted by Gasteiger charge is -2.29. The zero-order valence-corrected chi connectivity index (χ0v) is 36.8. The second-order valence-electron chi connectivity index (χ2n) is 17.0. The van der Waals surface area contributed by atoms with Crippen LogP contribution < -0.4 is 0 Å². The molecule has 0 heterocycles. The van der Waals surface area contributed by atoms with E-state index in [0.29, 0.717) is 0 Å². The smallest absolute Gasteiger partial charge is 0.269 e. The Morgan fingerprint density at radius 1 is 0.264 bits per heavy atom. The van der Waals surface area contributed by atoms with Crippen molar-refractivity contribution in [2.75, 3.05) is 0 Å². The Balaban J connectivity index is 1.51. The summed E-state index contributed by atoms with van der Waals surface area (Å²) in [5.74, 6) is -11.4. The van der Waals surface area contributed by atoms with Gasteiger partial charge in [-0.2, -0.15) is 0 Å². The molecule has 0 aliphatic heterocycles. The fraction of sp³-hybridized carbons (Fsp3) is 0.0769. The number of nitro benzene ring substituents is 4. The molecule has 8 N–H and O–H groups in total. The molecule has 20 heteroatoms. The Bertz CT molecular complexity index is 3030. The highest BCUT2D eigenvalue weighted by Gasteiger charge is 2.36. The standard InChI is InChI=1S/C52H36N4O16/c57-41-21-43(59)35-17-33(41)49(25-5-1-9-29(13-25)53(65)66)34-18-36(44(60)22-42(34)58)51(27-7-3-11-31(15-27)55(69)70)38-20-40(48(64)24-46(38)62)52(28-8-4-12-32(16-28)56(71)72)39-19-37(45(61)23-47(39)63)50(35)26-6-2-10-30(14-26)54(67)68/h1-24,49-52,57-64H. The fourth-order valence-corrected chi connectivity index (χ4v) is 9.67. The average Bonchev–Trinajstić information content (AvgIpc) is 3.34. The third-order valence-electron chi connectivity index (χ3n) is 12.8. The quantitative estimate of drug-likeness (QED) is 0.0518. The Morgan fingerprint density at radius 3 is 0.583 bits per heavy atom. The summed E-state index contributed by atoms with van der Waals surface area (Å²) >= 11 is 0. The van der Waals surface area contributed by atoms with Crippen molar-refractivity contribution in [2.45, 2.75) is 23.7 Å². The molecule has 8 aromatic rings. The lowest BCUT2D eigenvalue weighted by molar-refractivity contribution is -0.385. The molecule has 1 aliphatic carbocycles. The molecular weight excluding hydrogens is 937 g/mol. The number of rotatable bonds is 8. The van der Waals surface area contributed by atoms with Crippen molar-refractivity contribution in [3.63, 3.8) is 0 Å². The number of nitrogens with zero attached hydrogens (tertiary/aromatic N) is 4. The lowest BCUT2D eigenvalue weighted by Crippen LogP contribution is -2.13. The molecule has 0 atom stereocenters. The summed E-state index contributed by atoms with van der Waals surface area (Å²) in [7, 11) is 0. The summed E-state index contributed by atoms with van der Waals surface area (Å²) in [6.45, 7) is 0. The molecule has 9 rings (SSSR count). The minimum absolute atomic E-state index is 0.0346. The van der Waals surface area contributed by atoms with Crippen LogP contribution in [0.4, 0.5) is 22.7 Å². The van der Waals surface area contributed by atoms with Gasteiger partial charge in [0.25, 0.3) is 22.7 Å². The van der Waals surface area contributed by atoms with Crippen LogP contribution in [0.1, 0.15) is 90.4 Å². The van der Waals surface area contributed by atoms with E-state index in [1.54, 1.807) is 0 Å².